The Balaban J connectivity index is 2.43. The zero-order valence-corrected chi connectivity index (χ0v) is 17.1. The fraction of sp³-hybridized carbons (Fsp3) is 0.350. The number of nitrogens with zero attached hydrogens (tertiary/aromatic N) is 1. The number of rotatable bonds is 7. The first-order chi connectivity index (χ1) is 12.7. The molecule has 1 amide bonds. The van der Waals surface area contributed by atoms with Gasteiger partial charge in [0.2, 0.25) is 15.9 Å². The van der Waals surface area contributed by atoms with Crippen molar-refractivity contribution in [3.8, 4) is 5.75 Å². The van der Waals surface area contributed by atoms with E-state index in [-0.39, 0.29) is 0 Å². The van der Waals surface area contributed by atoms with Crippen LogP contribution in [0.3, 0.4) is 0 Å². The van der Waals surface area contributed by atoms with E-state index in [0.29, 0.717) is 17.1 Å². The van der Waals surface area contributed by atoms with Crippen LogP contribution in [-0.2, 0) is 21.2 Å². The summed E-state index contributed by atoms with van der Waals surface area (Å²) in [6.07, 6.45) is 1.84. The topological polar surface area (TPSA) is 75.7 Å². The molecule has 2 rings (SSSR count). The number of amides is 1. The van der Waals surface area contributed by atoms with Gasteiger partial charge in [-0.05, 0) is 49.6 Å². The van der Waals surface area contributed by atoms with Crippen molar-refractivity contribution in [3.05, 3.63) is 53.6 Å². The van der Waals surface area contributed by atoms with Gasteiger partial charge in [-0.25, -0.2) is 8.42 Å². The summed E-state index contributed by atoms with van der Waals surface area (Å²) in [5.74, 6) is -0.0236. The smallest absolute Gasteiger partial charge is 0.248 e. The minimum Gasteiger partial charge on any atom is -0.495 e. The highest BCUT2D eigenvalue weighted by Gasteiger charge is 2.31. The van der Waals surface area contributed by atoms with Crippen LogP contribution in [0.1, 0.15) is 25.0 Å². The zero-order valence-electron chi connectivity index (χ0n) is 16.3. The fourth-order valence-corrected chi connectivity index (χ4v) is 4.11. The highest BCUT2D eigenvalue weighted by Crippen LogP contribution is 2.33. The van der Waals surface area contributed by atoms with Gasteiger partial charge < -0.3 is 10.1 Å². The monoisotopic (exact) mass is 390 g/mol. The van der Waals surface area contributed by atoms with Gasteiger partial charge in [0.05, 0.1) is 19.1 Å². The van der Waals surface area contributed by atoms with E-state index in [1.165, 1.54) is 7.11 Å². The van der Waals surface area contributed by atoms with E-state index in [0.717, 1.165) is 28.1 Å². The zero-order chi connectivity index (χ0) is 20.2. The van der Waals surface area contributed by atoms with Crippen LogP contribution in [0.25, 0.3) is 0 Å². The minimum atomic E-state index is -3.73. The van der Waals surface area contributed by atoms with Crippen molar-refractivity contribution in [2.45, 2.75) is 33.2 Å². The summed E-state index contributed by atoms with van der Waals surface area (Å²) in [5, 5.41) is 2.85. The molecular weight excluding hydrogens is 364 g/mol. The van der Waals surface area contributed by atoms with E-state index in [1.807, 2.05) is 44.2 Å². The Morgan fingerprint density at radius 3 is 2.48 bits per heavy atom. The van der Waals surface area contributed by atoms with Gasteiger partial charge >= 0.3 is 0 Å². The highest BCUT2D eigenvalue weighted by atomic mass is 32.2. The second kappa shape index (κ2) is 8.43. The molecule has 2 aromatic rings. The van der Waals surface area contributed by atoms with E-state index < -0.39 is 22.0 Å². The number of sulfonamides is 1. The maximum Gasteiger partial charge on any atom is 0.248 e. The van der Waals surface area contributed by atoms with E-state index >= 15 is 0 Å². The standard InChI is InChI=1S/C20H26N2O4S/c1-6-16-9-7-8-10-17(16)21-20(23)15(3)22(27(5,24)25)18-13-14(2)11-12-19(18)26-4/h7-13,15H,6H2,1-5H3,(H,21,23)/t15-/m0/s1. The molecule has 0 aliphatic heterocycles. The fourth-order valence-electron chi connectivity index (χ4n) is 2.94. The molecule has 0 heterocycles. The molecule has 27 heavy (non-hydrogen) atoms. The molecule has 0 aliphatic carbocycles. The molecule has 0 unspecified atom stereocenters. The van der Waals surface area contributed by atoms with Crippen molar-refractivity contribution in [2.24, 2.45) is 0 Å². The van der Waals surface area contributed by atoms with Crippen LogP contribution in [0.5, 0.6) is 5.75 Å². The minimum absolute atomic E-state index is 0.339. The predicted molar refractivity (Wildman–Crippen MR) is 109 cm³/mol. The summed E-state index contributed by atoms with van der Waals surface area (Å²) >= 11 is 0. The Morgan fingerprint density at radius 2 is 1.89 bits per heavy atom. The molecule has 7 heteroatoms. The van der Waals surface area contributed by atoms with Crippen LogP contribution in [0.15, 0.2) is 42.5 Å². The molecule has 0 fully saturated rings. The Morgan fingerprint density at radius 1 is 1.22 bits per heavy atom. The Labute approximate surface area is 161 Å². The summed E-state index contributed by atoms with van der Waals surface area (Å²) in [7, 11) is -2.26. The van der Waals surface area contributed by atoms with E-state index in [4.69, 9.17) is 4.74 Å². The summed E-state index contributed by atoms with van der Waals surface area (Å²) in [6.45, 7) is 5.41. The summed E-state index contributed by atoms with van der Waals surface area (Å²) in [5.41, 5.74) is 2.87. The van der Waals surface area contributed by atoms with Gasteiger partial charge in [0, 0.05) is 5.69 Å². The second-order valence-corrected chi connectivity index (χ2v) is 8.27. The molecule has 1 atom stereocenters. The van der Waals surface area contributed by atoms with Gasteiger partial charge in [-0.1, -0.05) is 31.2 Å². The number of nitrogens with one attached hydrogen (secondary N) is 1. The lowest BCUT2D eigenvalue weighted by Crippen LogP contribution is -2.45. The Kier molecular flexibility index (Phi) is 6.49. The summed E-state index contributed by atoms with van der Waals surface area (Å²) in [4.78, 5) is 12.9. The molecule has 0 radical (unpaired) electrons. The maximum absolute atomic E-state index is 12.9. The van der Waals surface area contributed by atoms with Crippen LogP contribution in [0, 0.1) is 6.92 Å². The van der Waals surface area contributed by atoms with Gasteiger partial charge in [-0.3, -0.25) is 9.10 Å². The SMILES string of the molecule is CCc1ccccc1NC(=O)[C@H](C)N(c1cc(C)ccc1OC)S(C)(=O)=O. The van der Waals surface area contributed by atoms with Gasteiger partial charge in [0.25, 0.3) is 0 Å². The van der Waals surface area contributed by atoms with Crippen molar-refractivity contribution in [2.75, 3.05) is 23.0 Å². The molecule has 6 nitrogen and oxygen atoms in total. The summed E-state index contributed by atoms with van der Waals surface area (Å²) in [6, 6.07) is 11.7. The number of carbonyl (C=O) groups excluding carboxylic acids is 1. The lowest BCUT2D eigenvalue weighted by Gasteiger charge is -2.29. The van der Waals surface area contributed by atoms with Gasteiger partial charge in [0.15, 0.2) is 0 Å². The molecule has 0 bridgehead atoms. The van der Waals surface area contributed by atoms with Crippen molar-refractivity contribution < 1.29 is 17.9 Å². The van der Waals surface area contributed by atoms with Crippen molar-refractivity contribution >= 4 is 27.3 Å². The molecule has 0 saturated heterocycles. The third kappa shape index (κ3) is 4.80. The Hall–Kier alpha value is -2.54. The van der Waals surface area contributed by atoms with Crippen molar-refractivity contribution in [1.29, 1.82) is 0 Å². The molecule has 1 N–H and O–H groups in total. The van der Waals surface area contributed by atoms with Crippen LogP contribution in [0.4, 0.5) is 11.4 Å². The van der Waals surface area contributed by atoms with Crippen LogP contribution in [-0.4, -0.2) is 33.7 Å². The van der Waals surface area contributed by atoms with Crippen molar-refractivity contribution in [3.63, 3.8) is 0 Å². The normalized spacial score (nSPS) is 12.3. The Bertz CT molecular complexity index is 925. The van der Waals surface area contributed by atoms with Crippen LogP contribution < -0.4 is 14.4 Å². The van der Waals surface area contributed by atoms with E-state index in [9.17, 15) is 13.2 Å². The average Bonchev–Trinajstić information content (AvgIpc) is 2.61. The second-order valence-electron chi connectivity index (χ2n) is 6.41. The largest absolute Gasteiger partial charge is 0.495 e. The average molecular weight is 391 g/mol. The maximum atomic E-state index is 12.9. The first-order valence-electron chi connectivity index (χ1n) is 8.71. The number of methoxy groups -OCH3 is 1. The number of hydrogen-bond donors (Lipinski definition) is 1. The first-order valence-corrected chi connectivity index (χ1v) is 10.6. The number of ether oxygens (including phenoxy) is 1. The number of aryl methyl sites for hydroxylation is 2. The molecule has 0 aliphatic rings. The molecule has 2 aromatic carbocycles. The molecular formula is C20H26N2O4S. The number of carbonyl (C=O) groups is 1. The number of para-hydroxylation sites is 1. The third-order valence-electron chi connectivity index (χ3n) is 4.32. The molecule has 0 aromatic heterocycles. The van der Waals surface area contributed by atoms with Crippen LogP contribution in [0.2, 0.25) is 0 Å². The lowest BCUT2D eigenvalue weighted by atomic mass is 10.1. The third-order valence-corrected chi connectivity index (χ3v) is 5.54. The number of benzene rings is 2. The first kappa shape index (κ1) is 20.8. The molecule has 0 spiro atoms. The van der Waals surface area contributed by atoms with Crippen molar-refractivity contribution in [1.82, 2.24) is 0 Å². The highest BCUT2D eigenvalue weighted by molar-refractivity contribution is 7.92. The van der Waals surface area contributed by atoms with Crippen LogP contribution >= 0.6 is 0 Å². The van der Waals surface area contributed by atoms with E-state index in [1.54, 1.807) is 19.1 Å². The van der Waals surface area contributed by atoms with Gasteiger partial charge in [-0.2, -0.15) is 0 Å². The lowest BCUT2D eigenvalue weighted by molar-refractivity contribution is -0.116. The number of anilines is 2. The predicted octanol–water partition coefficient (Wildman–Crippen LogP) is 3.36. The van der Waals surface area contributed by atoms with E-state index in [2.05, 4.69) is 5.32 Å². The molecule has 0 saturated carbocycles. The van der Waals surface area contributed by atoms with Gasteiger partial charge in [-0.15, -0.1) is 0 Å². The number of hydrogen-bond acceptors (Lipinski definition) is 4. The molecule has 146 valence electrons. The quantitative estimate of drug-likeness (QED) is 0.787. The summed E-state index contributed by atoms with van der Waals surface area (Å²) < 4.78 is 31.5. The van der Waals surface area contributed by atoms with Gasteiger partial charge in [0.1, 0.15) is 11.8 Å².